The summed E-state index contributed by atoms with van der Waals surface area (Å²) in [6.07, 6.45) is 1.83. The maximum atomic E-state index is 14.1. The van der Waals surface area contributed by atoms with Crippen LogP contribution in [0.2, 0.25) is 0 Å². The molecule has 3 rings (SSSR count). The minimum atomic E-state index is -2.13. The molecule has 9 heteroatoms. The molecule has 0 saturated carbocycles. The number of benzene rings is 1. The molecule has 1 heterocycles. The van der Waals surface area contributed by atoms with Crippen LogP contribution in [0.5, 0.6) is 0 Å². The number of fused-ring (bicyclic) bond motifs is 1. The molecule has 26 heavy (non-hydrogen) atoms. The number of rotatable bonds is 5. The number of aromatic nitrogens is 2. The van der Waals surface area contributed by atoms with Gasteiger partial charge in [0.1, 0.15) is 5.69 Å². The quantitative estimate of drug-likeness (QED) is 0.739. The van der Waals surface area contributed by atoms with Crippen LogP contribution >= 0.6 is 0 Å². The van der Waals surface area contributed by atoms with E-state index in [1.165, 1.54) is 16.8 Å². The Bertz CT molecular complexity index is 892. The summed E-state index contributed by atoms with van der Waals surface area (Å²) in [7, 11) is 0. The smallest absolute Gasteiger partial charge is 0.337 e. The van der Waals surface area contributed by atoms with Crippen molar-refractivity contribution in [2.24, 2.45) is 0 Å². The van der Waals surface area contributed by atoms with Crippen molar-refractivity contribution in [3.8, 4) is 5.69 Å². The Labute approximate surface area is 147 Å². The fraction of sp³-hybridized carbons (Fsp3) is 0.353. The molecule has 1 aliphatic carbocycles. The summed E-state index contributed by atoms with van der Waals surface area (Å²) in [5, 5.41) is 25.0. The zero-order valence-electron chi connectivity index (χ0n) is 13.9. The van der Waals surface area contributed by atoms with Gasteiger partial charge in [-0.3, -0.25) is 4.79 Å². The van der Waals surface area contributed by atoms with Crippen molar-refractivity contribution in [3.05, 3.63) is 46.8 Å². The molecule has 7 nitrogen and oxygen atoms in total. The lowest BCUT2D eigenvalue weighted by molar-refractivity contribution is -0.155. The van der Waals surface area contributed by atoms with Gasteiger partial charge in [-0.05, 0) is 38.3 Å². The van der Waals surface area contributed by atoms with Gasteiger partial charge < -0.3 is 15.5 Å². The van der Waals surface area contributed by atoms with Gasteiger partial charge in [0.25, 0.3) is 5.91 Å². The Morgan fingerprint density at radius 3 is 2.77 bits per heavy atom. The van der Waals surface area contributed by atoms with E-state index < -0.39 is 35.7 Å². The molecule has 138 valence electrons. The van der Waals surface area contributed by atoms with Crippen molar-refractivity contribution in [2.75, 3.05) is 6.54 Å². The molecule has 1 aromatic heterocycles. The van der Waals surface area contributed by atoms with Gasteiger partial charge in [0.2, 0.25) is 0 Å². The van der Waals surface area contributed by atoms with Crippen molar-refractivity contribution in [3.63, 3.8) is 0 Å². The van der Waals surface area contributed by atoms with E-state index >= 15 is 0 Å². The number of carboxylic acids is 1. The lowest BCUT2D eigenvalue weighted by Crippen LogP contribution is -2.46. The van der Waals surface area contributed by atoms with Gasteiger partial charge >= 0.3 is 5.97 Å². The summed E-state index contributed by atoms with van der Waals surface area (Å²) in [5.74, 6) is -4.24. The highest BCUT2D eigenvalue weighted by Crippen LogP contribution is 2.29. The first-order chi connectivity index (χ1) is 12.2. The normalized spacial score (nSPS) is 15.4. The third kappa shape index (κ3) is 3.05. The zero-order valence-corrected chi connectivity index (χ0v) is 13.9. The SMILES string of the molecule is CC(O)(CNC(=O)c1nn(-c2cccc(F)c2F)c2c1CCC2)C(=O)O. The Morgan fingerprint density at radius 2 is 2.08 bits per heavy atom. The lowest BCUT2D eigenvalue weighted by Gasteiger charge is -2.17. The molecule has 1 aromatic carbocycles. The summed E-state index contributed by atoms with van der Waals surface area (Å²) >= 11 is 0. The largest absolute Gasteiger partial charge is 0.479 e. The Hall–Kier alpha value is -2.81. The predicted molar refractivity (Wildman–Crippen MR) is 86.1 cm³/mol. The molecule has 0 radical (unpaired) electrons. The van der Waals surface area contributed by atoms with Gasteiger partial charge in [0.05, 0.1) is 6.54 Å². The Morgan fingerprint density at radius 1 is 1.35 bits per heavy atom. The highest BCUT2D eigenvalue weighted by molar-refractivity contribution is 5.94. The minimum absolute atomic E-state index is 0.0161. The molecule has 3 N–H and O–H groups in total. The standard InChI is InChI=1S/C17H17F2N3O4/c1-17(26,16(24)25)8-20-15(23)14-9-4-2-6-11(9)22(21-14)12-7-3-5-10(18)13(12)19/h3,5,7,26H,2,4,6,8H2,1H3,(H,20,23)(H,24,25). The summed E-state index contributed by atoms with van der Waals surface area (Å²) < 4.78 is 28.9. The second kappa shape index (κ2) is 6.49. The first kappa shape index (κ1) is 18.0. The van der Waals surface area contributed by atoms with E-state index in [9.17, 15) is 23.5 Å². The average Bonchev–Trinajstić information content (AvgIpc) is 3.18. The predicted octanol–water partition coefficient (Wildman–Crippen LogP) is 1.20. The highest BCUT2D eigenvalue weighted by atomic mass is 19.2. The molecular weight excluding hydrogens is 348 g/mol. The van der Waals surface area contributed by atoms with Gasteiger partial charge in [0, 0.05) is 11.3 Å². The van der Waals surface area contributed by atoms with Crippen molar-refractivity contribution in [1.82, 2.24) is 15.1 Å². The van der Waals surface area contributed by atoms with Crippen LogP contribution in [0.4, 0.5) is 8.78 Å². The first-order valence-corrected chi connectivity index (χ1v) is 8.01. The van der Waals surface area contributed by atoms with E-state index in [-0.39, 0.29) is 11.4 Å². The molecule has 1 atom stereocenters. The third-order valence-corrected chi connectivity index (χ3v) is 4.36. The van der Waals surface area contributed by atoms with E-state index in [1.807, 2.05) is 0 Å². The van der Waals surface area contributed by atoms with E-state index in [1.54, 1.807) is 0 Å². The molecule has 1 unspecified atom stereocenters. The number of nitrogens with zero attached hydrogens (tertiary/aromatic N) is 2. The first-order valence-electron chi connectivity index (χ1n) is 8.01. The number of hydrogen-bond acceptors (Lipinski definition) is 4. The second-order valence-electron chi connectivity index (χ2n) is 6.37. The van der Waals surface area contributed by atoms with E-state index in [0.29, 0.717) is 24.1 Å². The van der Waals surface area contributed by atoms with Crippen LogP contribution in [0.3, 0.4) is 0 Å². The molecule has 0 aliphatic heterocycles. The van der Waals surface area contributed by atoms with Gasteiger partial charge in [-0.15, -0.1) is 0 Å². The van der Waals surface area contributed by atoms with Gasteiger partial charge in [-0.2, -0.15) is 5.10 Å². The summed E-state index contributed by atoms with van der Waals surface area (Å²) in [4.78, 5) is 23.3. The number of nitrogens with one attached hydrogen (secondary N) is 1. The number of aliphatic carboxylic acids is 1. The molecule has 0 saturated heterocycles. The highest BCUT2D eigenvalue weighted by Gasteiger charge is 2.33. The topological polar surface area (TPSA) is 104 Å². The lowest BCUT2D eigenvalue weighted by atomic mass is 10.1. The van der Waals surface area contributed by atoms with Crippen LogP contribution < -0.4 is 5.32 Å². The van der Waals surface area contributed by atoms with E-state index in [4.69, 9.17) is 5.11 Å². The van der Waals surface area contributed by atoms with E-state index in [0.717, 1.165) is 19.4 Å². The van der Waals surface area contributed by atoms with Crippen molar-refractivity contribution >= 4 is 11.9 Å². The maximum Gasteiger partial charge on any atom is 0.337 e. The molecule has 0 fully saturated rings. The number of carbonyl (C=O) groups excluding carboxylic acids is 1. The van der Waals surface area contributed by atoms with Crippen LogP contribution in [0.15, 0.2) is 18.2 Å². The van der Waals surface area contributed by atoms with Crippen LogP contribution in [0.25, 0.3) is 5.69 Å². The molecule has 1 aliphatic rings. The Kier molecular flexibility index (Phi) is 4.49. The van der Waals surface area contributed by atoms with Gasteiger partial charge in [-0.1, -0.05) is 6.07 Å². The number of carboxylic acid groups (broad SMARTS) is 1. The number of carbonyl (C=O) groups is 2. The van der Waals surface area contributed by atoms with Crippen LogP contribution in [-0.4, -0.2) is 44.0 Å². The van der Waals surface area contributed by atoms with Crippen molar-refractivity contribution in [1.29, 1.82) is 0 Å². The molecule has 0 bridgehead atoms. The molecule has 0 spiro atoms. The number of halogens is 2. The average molecular weight is 365 g/mol. The monoisotopic (exact) mass is 365 g/mol. The minimum Gasteiger partial charge on any atom is -0.479 e. The van der Waals surface area contributed by atoms with Crippen LogP contribution in [0.1, 0.15) is 35.1 Å². The number of hydrogen-bond donors (Lipinski definition) is 3. The maximum absolute atomic E-state index is 14.1. The fourth-order valence-corrected chi connectivity index (χ4v) is 2.89. The number of aliphatic hydroxyl groups is 1. The third-order valence-electron chi connectivity index (χ3n) is 4.36. The zero-order chi connectivity index (χ0) is 19.1. The van der Waals surface area contributed by atoms with Crippen molar-refractivity contribution in [2.45, 2.75) is 31.8 Å². The van der Waals surface area contributed by atoms with Crippen LogP contribution in [0, 0.1) is 11.6 Å². The molecule has 2 aromatic rings. The molecule has 1 amide bonds. The van der Waals surface area contributed by atoms with E-state index in [2.05, 4.69) is 10.4 Å². The Balaban J connectivity index is 1.94. The summed E-state index contributed by atoms with van der Waals surface area (Å²) in [5.41, 5.74) is -0.983. The van der Waals surface area contributed by atoms with Gasteiger partial charge in [0.15, 0.2) is 22.9 Å². The fourth-order valence-electron chi connectivity index (χ4n) is 2.89. The summed E-state index contributed by atoms with van der Waals surface area (Å²) in [6, 6.07) is 3.70. The van der Waals surface area contributed by atoms with Gasteiger partial charge in [-0.25, -0.2) is 18.3 Å². The summed E-state index contributed by atoms with van der Waals surface area (Å²) in [6.45, 7) is 0.540. The van der Waals surface area contributed by atoms with Crippen LogP contribution in [-0.2, 0) is 17.6 Å². The number of amides is 1. The van der Waals surface area contributed by atoms with Crippen molar-refractivity contribution < 1.29 is 28.6 Å². The molecular formula is C17H17F2N3O4. The second-order valence-corrected chi connectivity index (χ2v) is 6.37.